The summed E-state index contributed by atoms with van der Waals surface area (Å²) in [6.07, 6.45) is 7.37. The van der Waals surface area contributed by atoms with E-state index in [1.165, 1.54) is 0 Å². The molecule has 2 atom stereocenters. The Morgan fingerprint density at radius 2 is 1.83 bits per heavy atom. The number of anilines is 1. The Morgan fingerprint density at radius 3 is 2.44 bits per heavy atom. The number of carbonyl (C=O) groups excluding carboxylic acids is 3. The summed E-state index contributed by atoms with van der Waals surface area (Å²) in [6, 6.07) is 8.29. The third-order valence-corrected chi connectivity index (χ3v) is 6.65. The molecule has 0 spiro atoms. The molecule has 0 bridgehead atoms. The summed E-state index contributed by atoms with van der Waals surface area (Å²) in [6.45, 7) is 8.90. The number of carbonyl (C=O) groups is 3. The van der Waals surface area contributed by atoms with E-state index in [0.29, 0.717) is 18.2 Å². The zero-order valence-corrected chi connectivity index (χ0v) is 21.9. The largest absolute Gasteiger partial charge is 0.343 e. The molecule has 0 saturated carbocycles. The fraction of sp³-hybridized carbons (Fsp3) is 0.556. The standard InChI is InChI=1S/C27H40N6O3/c1-5-6-12-21(30-26(36)27(3,4)28)24(34)31-22-17-33(18-29-22)23(20-10-8-7-9-11-20)25(35)32-15-13-19(2)14-16-32/h7-11,17-19,21,23H,5-6,12-16,28H2,1-4H3,(H,30,36)(H,31,34). The Morgan fingerprint density at radius 1 is 1.17 bits per heavy atom. The van der Waals surface area contributed by atoms with Crippen LogP contribution in [0.1, 0.15) is 71.4 Å². The molecule has 9 nitrogen and oxygen atoms in total. The third kappa shape index (κ3) is 7.16. The topological polar surface area (TPSA) is 122 Å². The van der Waals surface area contributed by atoms with E-state index in [0.717, 1.165) is 44.3 Å². The lowest BCUT2D eigenvalue weighted by atomic mass is 9.97. The number of nitrogens with one attached hydrogen (secondary N) is 2. The van der Waals surface area contributed by atoms with Gasteiger partial charge >= 0.3 is 0 Å². The average molecular weight is 497 g/mol. The summed E-state index contributed by atoms with van der Waals surface area (Å²) >= 11 is 0. The van der Waals surface area contributed by atoms with E-state index >= 15 is 0 Å². The van der Waals surface area contributed by atoms with Gasteiger partial charge in [-0.3, -0.25) is 14.4 Å². The number of nitrogens with two attached hydrogens (primary N) is 1. The molecule has 1 aliphatic rings. The van der Waals surface area contributed by atoms with Crippen molar-refractivity contribution in [3.63, 3.8) is 0 Å². The number of unbranched alkanes of at least 4 members (excludes halogenated alkanes) is 1. The summed E-state index contributed by atoms with van der Waals surface area (Å²) in [5.74, 6) is 0.199. The van der Waals surface area contributed by atoms with Gasteiger partial charge in [-0.05, 0) is 44.6 Å². The third-order valence-electron chi connectivity index (χ3n) is 6.65. The van der Waals surface area contributed by atoms with Crippen molar-refractivity contribution in [3.05, 3.63) is 48.4 Å². The maximum Gasteiger partial charge on any atom is 0.250 e. The van der Waals surface area contributed by atoms with Gasteiger partial charge < -0.3 is 25.8 Å². The van der Waals surface area contributed by atoms with E-state index in [1.807, 2.05) is 42.2 Å². The van der Waals surface area contributed by atoms with Crippen molar-refractivity contribution < 1.29 is 14.4 Å². The highest BCUT2D eigenvalue weighted by Gasteiger charge is 2.31. The minimum absolute atomic E-state index is 0.0154. The number of nitrogens with zero attached hydrogens (tertiary/aromatic N) is 3. The maximum atomic E-state index is 13.6. The molecule has 36 heavy (non-hydrogen) atoms. The molecular formula is C27H40N6O3. The normalized spacial score (nSPS) is 16.3. The van der Waals surface area contributed by atoms with Gasteiger partial charge in [-0.2, -0.15) is 0 Å². The van der Waals surface area contributed by atoms with Crippen LogP contribution in [0.3, 0.4) is 0 Å². The van der Waals surface area contributed by atoms with Gasteiger partial charge in [0, 0.05) is 19.3 Å². The molecule has 2 aromatic rings. The predicted octanol–water partition coefficient (Wildman–Crippen LogP) is 3.08. The SMILES string of the molecule is CCCCC(NC(=O)C(C)(C)N)C(=O)Nc1cn(C(C(=O)N2CCC(C)CC2)c2ccccc2)cn1. The molecule has 2 heterocycles. The Balaban J connectivity index is 1.79. The molecule has 1 aromatic heterocycles. The first-order chi connectivity index (χ1) is 17.1. The summed E-state index contributed by atoms with van der Waals surface area (Å²) in [5, 5.41) is 5.57. The molecule has 1 aliphatic heterocycles. The molecule has 1 fully saturated rings. The molecule has 196 valence electrons. The van der Waals surface area contributed by atoms with E-state index in [-0.39, 0.29) is 11.8 Å². The Bertz CT molecular complexity index is 1020. The van der Waals surface area contributed by atoms with Gasteiger partial charge in [0.1, 0.15) is 12.1 Å². The molecular weight excluding hydrogens is 456 g/mol. The number of hydrogen-bond acceptors (Lipinski definition) is 5. The zero-order chi connectivity index (χ0) is 26.3. The first-order valence-corrected chi connectivity index (χ1v) is 12.9. The first kappa shape index (κ1) is 27.4. The Kier molecular flexibility index (Phi) is 9.25. The van der Waals surface area contributed by atoms with Crippen LogP contribution in [0.4, 0.5) is 5.82 Å². The minimum Gasteiger partial charge on any atom is -0.343 e. The summed E-state index contributed by atoms with van der Waals surface area (Å²) in [5.41, 5.74) is 5.66. The zero-order valence-electron chi connectivity index (χ0n) is 21.9. The highest BCUT2D eigenvalue weighted by Crippen LogP contribution is 2.25. The lowest BCUT2D eigenvalue weighted by molar-refractivity contribution is -0.135. The lowest BCUT2D eigenvalue weighted by Crippen LogP contribution is -2.54. The number of piperidine rings is 1. The van der Waals surface area contributed by atoms with Gasteiger partial charge in [0.2, 0.25) is 17.7 Å². The molecule has 9 heteroatoms. The molecule has 1 saturated heterocycles. The van der Waals surface area contributed by atoms with Crippen molar-refractivity contribution in [2.24, 2.45) is 11.7 Å². The van der Waals surface area contributed by atoms with Crippen molar-refractivity contribution in [2.75, 3.05) is 18.4 Å². The minimum atomic E-state index is -1.10. The number of imidazole rings is 1. The van der Waals surface area contributed by atoms with Crippen molar-refractivity contribution in [2.45, 2.75) is 77.4 Å². The number of benzene rings is 1. The van der Waals surface area contributed by atoms with Gasteiger partial charge in [0.25, 0.3) is 0 Å². The molecule has 2 unspecified atom stereocenters. The smallest absolute Gasteiger partial charge is 0.250 e. The van der Waals surface area contributed by atoms with Crippen LogP contribution in [0, 0.1) is 5.92 Å². The van der Waals surface area contributed by atoms with E-state index in [1.54, 1.807) is 30.9 Å². The predicted molar refractivity (Wildman–Crippen MR) is 140 cm³/mol. The van der Waals surface area contributed by atoms with Crippen LogP contribution in [0.2, 0.25) is 0 Å². The molecule has 0 aliphatic carbocycles. The number of hydrogen-bond donors (Lipinski definition) is 3. The van der Waals surface area contributed by atoms with E-state index in [9.17, 15) is 14.4 Å². The second kappa shape index (κ2) is 12.2. The highest BCUT2D eigenvalue weighted by atomic mass is 16.2. The number of likely N-dealkylation sites (tertiary alicyclic amines) is 1. The quantitative estimate of drug-likeness (QED) is 0.467. The van der Waals surface area contributed by atoms with E-state index in [2.05, 4.69) is 22.5 Å². The van der Waals surface area contributed by atoms with Gasteiger partial charge in [-0.25, -0.2) is 4.98 Å². The number of aromatic nitrogens is 2. The van der Waals surface area contributed by atoms with Crippen molar-refractivity contribution >= 4 is 23.5 Å². The van der Waals surface area contributed by atoms with Crippen LogP contribution >= 0.6 is 0 Å². The summed E-state index contributed by atoms with van der Waals surface area (Å²) in [4.78, 5) is 45.3. The molecule has 0 radical (unpaired) electrons. The Labute approximate surface area is 213 Å². The second-order valence-electron chi connectivity index (χ2n) is 10.4. The number of amides is 3. The fourth-order valence-corrected chi connectivity index (χ4v) is 4.26. The monoisotopic (exact) mass is 496 g/mol. The van der Waals surface area contributed by atoms with Gasteiger partial charge in [-0.15, -0.1) is 0 Å². The molecule has 3 rings (SSSR count). The lowest BCUT2D eigenvalue weighted by Gasteiger charge is -2.33. The van der Waals surface area contributed by atoms with Crippen LogP contribution in [0.25, 0.3) is 0 Å². The Hall–Kier alpha value is -3.20. The second-order valence-corrected chi connectivity index (χ2v) is 10.4. The van der Waals surface area contributed by atoms with Crippen LogP contribution in [0.5, 0.6) is 0 Å². The van der Waals surface area contributed by atoms with E-state index in [4.69, 9.17) is 5.73 Å². The number of rotatable bonds is 10. The fourth-order valence-electron chi connectivity index (χ4n) is 4.26. The van der Waals surface area contributed by atoms with Gasteiger partial charge in [0.05, 0.1) is 11.9 Å². The molecule has 4 N–H and O–H groups in total. The summed E-state index contributed by atoms with van der Waals surface area (Å²) in [7, 11) is 0. The van der Waals surface area contributed by atoms with Crippen LogP contribution < -0.4 is 16.4 Å². The highest BCUT2D eigenvalue weighted by molar-refractivity contribution is 5.97. The van der Waals surface area contributed by atoms with Crippen molar-refractivity contribution in [1.82, 2.24) is 19.8 Å². The van der Waals surface area contributed by atoms with Crippen LogP contribution in [0.15, 0.2) is 42.9 Å². The first-order valence-electron chi connectivity index (χ1n) is 12.9. The maximum absolute atomic E-state index is 13.6. The van der Waals surface area contributed by atoms with E-state index < -0.39 is 23.5 Å². The van der Waals surface area contributed by atoms with Crippen molar-refractivity contribution in [3.8, 4) is 0 Å². The molecule has 3 amide bonds. The van der Waals surface area contributed by atoms with Gasteiger partial charge in [-0.1, -0.05) is 57.0 Å². The summed E-state index contributed by atoms with van der Waals surface area (Å²) < 4.78 is 1.74. The average Bonchev–Trinajstić information content (AvgIpc) is 3.29. The van der Waals surface area contributed by atoms with Crippen LogP contribution in [-0.4, -0.2) is 56.8 Å². The van der Waals surface area contributed by atoms with Crippen LogP contribution in [-0.2, 0) is 14.4 Å². The van der Waals surface area contributed by atoms with Crippen molar-refractivity contribution in [1.29, 1.82) is 0 Å². The molecule has 1 aromatic carbocycles. The van der Waals surface area contributed by atoms with Gasteiger partial charge in [0.15, 0.2) is 5.82 Å².